The van der Waals surface area contributed by atoms with Gasteiger partial charge >= 0.3 is 5.97 Å². The molecule has 3 amide bonds. The Labute approximate surface area is 172 Å². The molecule has 1 rings (SSSR count). The Morgan fingerprint density at radius 1 is 1.31 bits per heavy atom. The minimum atomic E-state index is -1.22. The summed E-state index contributed by atoms with van der Waals surface area (Å²) in [6.07, 6.45) is 1.56. The molecule has 0 radical (unpaired) electrons. The zero-order chi connectivity index (χ0) is 21.8. The van der Waals surface area contributed by atoms with Crippen LogP contribution in [0.25, 0.3) is 0 Å². The molecule has 0 bridgehead atoms. The second-order valence-electron chi connectivity index (χ2n) is 7.66. The van der Waals surface area contributed by atoms with Crippen LogP contribution in [0.4, 0.5) is 0 Å². The van der Waals surface area contributed by atoms with Crippen LogP contribution in [-0.2, 0) is 28.7 Å². The molecule has 3 N–H and O–H groups in total. The Morgan fingerprint density at radius 2 is 2.03 bits per heavy atom. The van der Waals surface area contributed by atoms with E-state index in [0.29, 0.717) is 32.2 Å². The summed E-state index contributed by atoms with van der Waals surface area (Å²) in [5, 5.41) is 7.99. The van der Waals surface area contributed by atoms with Gasteiger partial charge in [0.1, 0.15) is 12.6 Å². The van der Waals surface area contributed by atoms with Crippen molar-refractivity contribution in [3.63, 3.8) is 0 Å². The lowest BCUT2D eigenvalue weighted by atomic mass is 9.90. The minimum Gasteiger partial charge on any atom is -0.464 e. The van der Waals surface area contributed by atoms with Crippen LogP contribution in [0.1, 0.15) is 52.9 Å². The molecule has 1 heterocycles. The number of nitrogens with one attached hydrogen (secondary N) is 3. The first-order valence-corrected chi connectivity index (χ1v) is 10.4. The lowest BCUT2D eigenvalue weighted by Gasteiger charge is -2.28. The second kappa shape index (κ2) is 13.1. The molecule has 9 nitrogen and oxygen atoms in total. The second-order valence-corrected chi connectivity index (χ2v) is 7.66. The predicted octanol–water partition coefficient (Wildman–Crippen LogP) is 0.518. The summed E-state index contributed by atoms with van der Waals surface area (Å²) in [7, 11) is 1.50. The van der Waals surface area contributed by atoms with Crippen LogP contribution in [0.3, 0.4) is 0 Å². The SMILES string of the molecule is CCCCOC(=O)[C@H]1OCC(=O)NCCC[C@@H](C(=O)NC)NC(=O)[C@@H]1CC(C)C. The highest BCUT2D eigenvalue weighted by Crippen LogP contribution is 2.21. The van der Waals surface area contributed by atoms with E-state index in [-0.39, 0.29) is 30.9 Å². The number of likely N-dealkylation sites (N-methyl/N-ethyl adjacent to an activating group) is 1. The van der Waals surface area contributed by atoms with Gasteiger partial charge < -0.3 is 25.4 Å². The van der Waals surface area contributed by atoms with Gasteiger partial charge in [0.05, 0.1) is 12.5 Å². The first-order valence-electron chi connectivity index (χ1n) is 10.4. The molecule has 0 aromatic rings. The minimum absolute atomic E-state index is 0.0838. The van der Waals surface area contributed by atoms with Crippen molar-refractivity contribution in [1.82, 2.24) is 16.0 Å². The number of hydrogen-bond acceptors (Lipinski definition) is 6. The highest BCUT2D eigenvalue weighted by molar-refractivity contribution is 5.91. The van der Waals surface area contributed by atoms with E-state index in [9.17, 15) is 19.2 Å². The van der Waals surface area contributed by atoms with E-state index in [4.69, 9.17) is 9.47 Å². The van der Waals surface area contributed by atoms with Crippen molar-refractivity contribution in [2.45, 2.75) is 65.0 Å². The van der Waals surface area contributed by atoms with E-state index in [1.807, 2.05) is 20.8 Å². The number of esters is 1. The lowest BCUT2D eigenvalue weighted by Crippen LogP contribution is -2.52. The Kier molecular flexibility index (Phi) is 11.3. The Hall–Kier alpha value is -2.16. The number of amides is 3. The topological polar surface area (TPSA) is 123 Å². The molecule has 1 aliphatic heterocycles. The van der Waals surface area contributed by atoms with Gasteiger partial charge in [0.15, 0.2) is 6.10 Å². The normalized spacial score (nSPS) is 24.0. The summed E-state index contributed by atoms with van der Waals surface area (Å²) >= 11 is 0. The molecule has 1 saturated heterocycles. The summed E-state index contributed by atoms with van der Waals surface area (Å²) < 4.78 is 10.9. The fourth-order valence-corrected chi connectivity index (χ4v) is 3.10. The maximum Gasteiger partial charge on any atom is 0.336 e. The van der Waals surface area contributed by atoms with Gasteiger partial charge in [-0.1, -0.05) is 27.2 Å². The molecular weight excluding hydrogens is 378 g/mol. The lowest BCUT2D eigenvalue weighted by molar-refractivity contribution is -0.166. The van der Waals surface area contributed by atoms with Gasteiger partial charge in [-0.2, -0.15) is 0 Å². The molecule has 1 fully saturated rings. The third-order valence-corrected chi connectivity index (χ3v) is 4.67. The number of hydrogen-bond donors (Lipinski definition) is 3. The molecule has 9 heteroatoms. The number of carbonyl (C=O) groups excluding carboxylic acids is 4. The third-order valence-electron chi connectivity index (χ3n) is 4.67. The molecule has 0 saturated carbocycles. The summed E-state index contributed by atoms with van der Waals surface area (Å²) in [6.45, 7) is 6.04. The van der Waals surface area contributed by atoms with E-state index in [1.54, 1.807) is 0 Å². The zero-order valence-electron chi connectivity index (χ0n) is 17.9. The smallest absolute Gasteiger partial charge is 0.336 e. The summed E-state index contributed by atoms with van der Waals surface area (Å²) in [6, 6.07) is -0.754. The van der Waals surface area contributed by atoms with Gasteiger partial charge in [0.25, 0.3) is 0 Å². The highest BCUT2D eigenvalue weighted by atomic mass is 16.6. The van der Waals surface area contributed by atoms with Crippen molar-refractivity contribution in [2.75, 3.05) is 26.8 Å². The maximum atomic E-state index is 13.0. The molecule has 0 unspecified atom stereocenters. The predicted molar refractivity (Wildman–Crippen MR) is 107 cm³/mol. The molecule has 0 aliphatic carbocycles. The van der Waals surface area contributed by atoms with Crippen LogP contribution in [0.2, 0.25) is 0 Å². The first-order chi connectivity index (χ1) is 13.8. The van der Waals surface area contributed by atoms with Gasteiger partial charge in [-0.05, 0) is 31.6 Å². The van der Waals surface area contributed by atoms with Crippen molar-refractivity contribution in [3.8, 4) is 0 Å². The molecule has 29 heavy (non-hydrogen) atoms. The van der Waals surface area contributed by atoms with Gasteiger partial charge in [0.2, 0.25) is 17.7 Å². The van der Waals surface area contributed by atoms with Crippen molar-refractivity contribution in [3.05, 3.63) is 0 Å². The molecule has 0 aromatic carbocycles. The van der Waals surface area contributed by atoms with Crippen LogP contribution < -0.4 is 16.0 Å². The standard InChI is InChI=1S/C20H35N3O6/c1-5-6-10-28-20(27)17-14(11-13(2)3)18(25)23-15(19(26)21-4)8-7-9-22-16(24)12-29-17/h13-15,17H,5-12H2,1-4H3,(H,21,26)(H,22,24)(H,23,25)/t14-,15+,17+/m1/s1. The molecule has 3 atom stereocenters. The molecule has 1 aliphatic rings. The average molecular weight is 414 g/mol. The Bertz CT molecular complexity index is 566. The Balaban J connectivity index is 3.13. The van der Waals surface area contributed by atoms with Crippen molar-refractivity contribution < 1.29 is 28.7 Å². The largest absolute Gasteiger partial charge is 0.464 e. The molecular formula is C20H35N3O6. The van der Waals surface area contributed by atoms with Crippen LogP contribution in [0.5, 0.6) is 0 Å². The summed E-state index contributed by atoms with van der Waals surface area (Å²) in [5.41, 5.74) is 0. The maximum absolute atomic E-state index is 13.0. The number of ether oxygens (including phenoxy) is 2. The van der Waals surface area contributed by atoms with Gasteiger partial charge in [0, 0.05) is 13.6 Å². The fourth-order valence-electron chi connectivity index (χ4n) is 3.10. The molecule has 166 valence electrons. The van der Waals surface area contributed by atoms with E-state index in [2.05, 4.69) is 16.0 Å². The fraction of sp³-hybridized carbons (Fsp3) is 0.800. The average Bonchev–Trinajstić information content (AvgIpc) is 2.67. The summed E-state index contributed by atoms with van der Waals surface area (Å²) in [5.74, 6) is -2.61. The third kappa shape index (κ3) is 8.81. The number of carbonyl (C=O) groups is 4. The van der Waals surface area contributed by atoms with Crippen LogP contribution >= 0.6 is 0 Å². The van der Waals surface area contributed by atoms with Gasteiger partial charge in [-0.25, -0.2) is 4.79 Å². The first kappa shape index (κ1) is 24.9. The molecule has 0 aromatic heterocycles. The highest BCUT2D eigenvalue weighted by Gasteiger charge is 2.38. The van der Waals surface area contributed by atoms with Crippen LogP contribution in [0, 0.1) is 11.8 Å². The van der Waals surface area contributed by atoms with Crippen LogP contribution in [0.15, 0.2) is 0 Å². The monoisotopic (exact) mass is 413 g/mol. The van der Waals surface area contributed by atoms with Crippen LogP contribution in [-0.4, -0.2) is 62.6 Å². The van der Waals surface area contributed by atoms with E-state index >= 15 is 0 Å². The van der Waals surface area contributed by atoms with E-state index in [0.717, 1.165) is 6.42 Å². The Morgan fingerprint density at radius 3 is 2.66 bits per heavy atom. The van der Waals surface area contributed by atoms with Gasteiger partial charge in [-0.15, -0.1) is 0 Å². The van der Waals surface area contributed by atoms with E-state index in [1.165, 1.54) is 7.05 Å². The van der Waals surface area contributed by atoms with Crippen molar-refractivity contribution >= 4 is 23.7 Å². The zero-order valence-corrected chi connectivity index (χ0v) is 17.9. The summed E-state index contributed by atoms with van der Waals surface area (Å²) in [4.78, 5) is 49.9. The number of rotatable bonds is 7. The van der Waals surface area contributed by atoms with Crippen molar-refractivity contribution in [1.29, 1.82) is 0 Å². The van der Waals surface area contributed by atoms with Gasteiger partial charge in [-0.3, -0.25) is 14.4 Å². The van der Waals surface area contributed by atoms with Crippen molar-refractivity contribution in [2.24, 2.45) is 11.8 Å². The quantitative estimate of drug-likeness (QED) is 0.413. The number of unbranched alkanes of at least 4 members (excludes halogenated alkanes) is 1. The van der Waals surface area contributed by atoms with E-state index < -0.39 is 29.9 Å². The molecule has 0 spiro atoms.